The van der Waals surface area contributed by atoms with Gasteiger partial charge >= 0.3 is 0 Å². The maximum Gasteiger partial charge on any atom is 0.150 e. The molecular formula is C12H18ClN3. The summed E-state index contributed by atoms with van der Waals surface area (Å²) >= 11 is 6.22. The van der Waals surface area contributed by atoms with Gasteiger partial charge in [-0.15, -0.1) is 0 Å². The molecule has 0 amide bonds. The van der Waals surface area contributed by atoms with Gasteiger partial charge < -0.3 is 10.3 Å². The summed E-state index contributed by atoms with van der Waals surface area (Å²) in [4.78, 5) is 4.58. The molecule has 0 saturated heterocycles. The minimum absolute atomic E-state index is 0.276. The first-order valence-electron chi connectivity index (χ1n) is 6.26. The Balaban J connectivity index is 1.98. The van der Waals surface area contributed by atoms with Gasteiger partial charge in [0.2, 0.25) is 0 Å². The summed E-state index contributed by atoms with van der Waals surface area (Å²) in [6, 6.07) is 0.276. The summed E-state index contributed by atoms with van der Waals surface area (Å²) in [5.41, 5.74) is 7.25. The SMILES string of the molecule is NC1CCc2c(Cl)nc(C3CCCC3)n2C1. The van der Waals surface area contributed by atoms with E-state index in [0.717, 1.165) is 19.4 Å². The van der Waals surface area contributed by atoms with Gasteiger partial charge in [-0.2, -0.15) is 0 Å². The second-order valence-electron chi connectivity index (χ2n) is 5.10. The number of fused-ring (bicyclic) bond motifs is 1. The highest BCUT2D eigenvalue weighted by atomic mass is 35.5. The molecule has 1 unspecified atom stereocenters. The van der Waals surface area contributed by atoms with E-state index in [1.807, 2.05) is 0 Å². The second-order valence-corrected chi connectivity index (χ2v) is 5.46. The summed E-state index contributed by atoms with van der Waals surface area (Å²) in [5, 5.41) is 0.716. The monoisotopic (exact) mass is 239 g/mol. The molecule has 3 nitrogen and oxygen atoms in total. The second kappa shape index (κ2) is 4.04. The summed E-state index contributed by atoms with van der Waals surface area (Å²) in [5.74, 6) is 1.82. The molecule has 3 rings (SSSR count). The average molecular weight is 240 g/mol. The average Bonchev–Trinajstić information content (AvgIpc) is 2.86. The molecule has 16 heavy (non-hydrogen) atoms. The molecule has 88 valence electrons. The van der Waals surface area contributed by atoms with Gasteiger partial charge in [-0.25, -0.2) is 4.98 Å². The van der Waals surface area contributed by atoms with Crippen LogP contribution in [0.5, 0.6) is 0 Å². The molecule has 1 aromatic rings. The number of nitrogens with two attached hydrogens (primary N) is 1. The number of nitrogens with zero attached hydrogens (tertiary/aromatic N) is 2. The quantitative estimate of drug-likeness (QED) is 0.818. The molecule has 1 fully saturated rings. The maximum atomic E-state index is 6.22. The topological polar surface area (TPSA) is 43.8 Å². The van der Waals surface area contributed by atoms with Crippen LogP contribution in [0.2, 0.25) is 5.15 Å². The molecule has 2 N–H and O–H groups in total. The Labute approximate surface area is 101 Å². The van der Waals surface area contributed by atoms with Gasteiger partial charge in [0.05, 0.1) is 5.69 Å². The molecule has 4 heteroatoms. The van der Waals surface area contributed by atoms with Crippen LogP contribution in [0.3, 0.4) is 0 Å². The van der Waals surface area contributed by atoms with Crippen molar-refractivity contribution in [2.75, 3.05) is 0 Å². The standard InChI is InChI=1S/C12H18ClN3/c13-11-10-6-5-9(14)7-16(10)12(15-11)8-3-1-2-4-8/h8-9H,1-7,14H2. The lowest BCUT2D eigenvalue weighted by Gasteiger charge is -2.23. The van der Waals surface area contributed by atoms with Crippen LogP contribution in [0.1, 0.15) is 49.5 Å². The lowest BCUT2D eigenvalue weighted by Crippen LogP contribution is -2.32. The first kappa shape index (κ1) is 10.6. The third kappa shape index (κ3) is 1.66. The van der Waals surface area contributed by atoms with Crippen molar-refractivity contribution in [3.8, 4) is 0 Å². The van der Waals surface area contributed by atoms with E-state index < -0.39 is 0 Å². The third-order valence-electron chi connectivity index (χ3n) is 3.94. The van der Waals surface area contributed by atoms with Crippen molar-refractivity contribution in [2.24, 2.45) is 5.73 Å². The van der Waals surface area contributed by atoms with E-state index >= 15 is 0 Å². The van der Waals surface area contributed by atoms with Crippen molar-refractivity contribution in [1.29, 1.82) is 0 Å². The van der Waals surface area contributed by atoms with E-state index in [1.165, 1.54) is 37.2 Å². The molecule has 0 bridgehead atoms. The highest BCUT2D eigenvalue weighted by Gasteiger charge is 2.28. The molecule has 0 spiro atoms. The minimum Gasteiger partial charge on any atom is -0.329 e. The number of hydrogen-bond acceptors (Lipinski definition) is 2. The summed E-state index contributed by atoms with van der Waals surface area (Å²) in [6.45, 7) is 0.904. The van der Waals surface area contributed by atoms with Gasteiger partial charge in [-0.1, -0.05) is 24.4 Å². The predicted octanol–water partition coefficient (Wildman–Crippen LogP) is 2.47. The van der Waals surface area contributed by atoms with Crippen LogP contribution in [0.25, 0.3) is 0 Å². The van der Waals surface area contributed by atoms with E-state index in [1.54, 1.807) is 0 Å². The summed E-state index contributed by atoms with van der Waals surface area (Å²) in [7, 11) is 0. The zero-order chi connectivity index (χ0) is 11.1. The minimum atomic E-state index is 0.276. The van der Waals surface area contributed by atoms with Crippen LogP contribution in [0.4, 0.5) is 0 Å². The van der Waals surface area contributed by atoms with E-state index in [0.29, 0.717) is 11.1 Å². The molecule has 1 aliphatic carbocycles. The number of rotatable bonds is 1. The first-order valence-corrected chi connectivity index (χ1v) is 6.64. The Morgan fingerprint density at radius 2 is 2.00 bits per heavy atom. The Kier molecular flexibility index (Phi) is 2.68. The van der Waals surface area contributed by atoms with Crippen molar-refractivity contribution in [2.45, 2.75) is 57.0 Å². The molecule has 0 radical (unpaired) electrons. The van der Waals surface area contributed by atoms with Crippen molar-refractivity contribution in [1.82, 2.24) is 9.55 Å². The van der Waals surface area contributed by atoms with Crippen LogP contribution in [0, 0.1) is 0 Å². The molecule has 2 heterocycles. The summed E-state index contributed by atoms with van der Waals surface area (Å²) in [6.07, 6.45) is 7.21. The number of halogens is 1. The van der Waals surface area contributed by atoms with Crippen molar-refractivity contribution < 1.29 is 0 Å². The zero-order valence-electron chi connectivity index (χ0n) is 9.45. The molecule has 1 aliphatic heterocycles. The van der Waals surface area contributed by atoms with Crippen molar-refractivity contribution >= 4 is 11.6 Å². The Morgan fingerprint density at radius 3 is 2.75 bits per heavy atom. The van der Waals surface area contributed by atoms with Crippen LogP contribution < -0.4 is 5.73 Å². The van der Waals surface area contributed by atoms with Crippen LogP contribution in [0.15, 0.2) is 0 Å². The lowest BCUT2D eigenvalue weighted by atomic mass is 10.0. The van der Waals surface area contributed by atoms with Crippen molar-refractivity contribution in [3.05, 3.63) is 16.7 Å². The number of aromatic nitrogens is 2. The summed E-state index contributed by atoms with van der Waals surface area (Å²) < 4.78 is 2.30. The largest absolute Gasteiger partial charge is 0.329 e. The van der Waals surface area contributed by atoms with Crippen molar-refractivity contribution in [3.63, 3.8) is 0 Å². The first-order chi connectivity index (χ1) is 7.75. The fraction of sp³-hybridized carbons (Fsp3) is 0.750. The van der Waals surface area contributed by atoms with Crippen LogP contribution in [-0.4, -0.2) is 15.6 Å². The van der Waals surface area contributed by atoms with Gasteiger partial charge in [0.25, 0.3) is 0 Å². The Morgan fingerprint density at radius 1 is 1.25 bits per heavy atom. The van der Waals surface area contributed by atoms with Crippen LogP contribution >= 0.6 is 11.6 Å². The normalized spacial score (nSPS) is 26.0. The van der Waals surface area contributed by atoms with Gasteiger partial charge in [0.1, 0.15) is 5.82 Å². The van der Waals surface area contributed by atoms with E-state index in [9.17, 15) is 0 Å². The van der Waals surface area contributed by atoms with E-state index in [-0.39, 0.29) is 6.04 Å². The van der Waals surface area contributed by atoms with Gasteiger partial charge in [0, 0.05) is 18.5 Å². The van der Waals surface area contributed by atoms with Crippen LogP contribution in [-0.2, 0) is 13.0 Å². The molecule has 1 atom stereocenters. The number of imidazole rings is 1. The predicted molar refractivity (Wildman–Crippen MR) is 64.7 cm³/mol. The Hall–Kier alpha value is -0.540. The van der Waals surface area contributed by atoms with Gasteiger partial charge in [-0.05, 0) is 25.7 Å². The molecule has 2 aliphatic rings. The molecular weight excluding hydrogens is 222 g/mol. The highest BCUT2D eigenvalue weighted by Crippen LogP contribution is 2.36. The van der Waals surface area contributed by atoms with Gasteiger partial charge in [0.15, 0.2) is 5.15 Å². The van der Waals surface area contributed by atoms with Gasteiger partial charge in [-0.3, -0.25) is 0 Å². The van der Waals surface area contributed by atoms with E-state index in [4.69, 9.17) is 17.3 Å². The molecule has 1 aromatic heterocycles. The Bertz CT molecular complexity index is 393. The third-order valence-corrected chi connectivity index (χ3v) is 4.25. The molecule has 1 saturated carbocycles. The highest BCUT2D eigenvalue weighted by molar-refractivity contribution is 6.30. The fourth-order valence-corrected chi connectivity index (χ4v) is 3.34. The maximum absolute atomic E-state index is 6.22. The number of hydrogen-bond donors (Lipinski definition) is 1. The van der Waals surface area contributed by atoms with E-state index in [2.05, 4.69) is 9.55 Å². The molecule has 0 aromatic carbocycles. The smallest absolute Gasteiger partial charge is 0.150 e. The fourth-order valence-electron chi connectivity index (χ4n) is 3.06. The zero-order valence-corrected chi connectivity index (χ0v) is 10.2. The lowest BCUT2D eigenvalue weighted by molar-refractivity contribution is 0.437.